The second-order valence-corrected chi connectivity index (χ2v) is 11.0. The second kappa shape index (κ2) is 15.7. The standard InChI is InChI=1S/C34H42N2O6/c1-6-40-33(39)30(36-23-24(2)32(38)42-34(3,4)5)22-25-12-18-29(19-13-25)41-21-20-35-31(37)28-16-14-27(15-17-28)26-10-8-7-9-11-26/h7-19,24,30,36H,6,20-23H2,1-5H3,(H,35,37). The number of benzene rings is 3. The Morgan fingerprint density at radius 2 is 1.48 bits per heavy atom. The van der Waals surface area contributed by atoms with Crippen LogP contribution in [-0.2, 0) is 25.5 Å². The van der Waals surface area contributed by atoms with E-state index in [0.717, 1.165) is 16.7 Å². The summed E-state index contributed by atoms with van der Waals surface area (Å²) in [4.78, 5) is 37.4. The van der Waals surface area contributed by atoms with Crippen molar-refractivity contribution in [2.45, 2.75) is 52.7 Å². The smallest absolute Gasteiger partial charge is 0.323 e. The van der Waals surface area contributed by atoms with Gasteiger partial charge in [-0.05, 0) is 75.1 Å². The third-order valence-electron chi connectivity index (χ3n) is 6.32. The number of hydrogen-bond acceptors (Lipinski definition) is 7. The van der Waals surface area contributed by atoms with Gasteiger partial charge in [-0.1, -0.05) is 61.5 Å². The third kappa shape index (κ3) is 10.7. The summed E-state index contributed by atoms with van der Waals surface area (Å²) in [5, 5.41) is 6.04. The Kier molecular flexibility index (Phi) is 12.1. The quantitative estimate of drug-likeness (QED) is 0.201. The molecule has 2 atom stereocenters. The number of amides is 1. The summed E-state index contributed by atoms with van der Waals surface area (Å²) < 4.78 is 16.5. The van der Waals surface area contributed by atoms with E-state index in [-0.39, 0.29) is 31.0 Å². The molecular formula is C34H42N2O6. The van der Waals surface area contributed by atoms with E-state index in [1.54, 1.807) is 13.8 Å². The van der Waals surface area contributed by atoms with Crippen molar-refractivity contribution in [1.29, 1.82) is 0 Å². The third-order valence-corrected chi connectivity index (χ3v) is 6.32. The van der Waals surface area contributed by atoms with Crippen LogP contribution in [0.25, 0.3) is 11.1 Å². The van der Waals surface area contributed by atoms with Crippen molar-refractivity contribution in [2.75, 3.05) is 26.3 Å². The molecular weight excluding hydrogens is 532 g/mol. The van der Waals surface area contributed by atoms with E-state index in [2.05, 4.69) is 10.6 Å². The highest BCUT2D eigenvalue weighted by atomic mass is 16.6. The van der Waals surface area contributed by atoms with Gasteiger partial charge in [0.05, 0.1) is 19.1 Å². The van der Waals surface area contributed by atoms with Crippen LogP contribution in [0, 0.1) is 5.92 Å². The molecule has 224 valence electrons. The van der Waals surface area contributed by atoms with Crippen LogP contribution in [0.3, 0.4) is 0 Å². The maximum Gasteiger partial charge on any atom is 0.323 e. The van der Waals surface area contributed by atoms with Gasteiger partial charge >= 0.3 is 11.9 Å². The van der Waals surface area contributed by atoms with Crippen LogP contribution in [0.5, 0.6) is 5.75 Å². The molecule has 0 aliphatic rings. The van der Waals surface area contributed by atoms with Gasteiger partial charge in [0.1, 0.15) is 24.0 Å². The van der Waals surface area contributed by atoms with E-state index >= 15 is 0 Å². The molecule has 3 rings (SSSR count). The number of nitrogens with one attached hydrogen (secondary N) is 2. The van der Waals surface area contributed by atoms with E-state index in [4.69, 9.17) is 14.2 Å². The van der Waals surface area contributed by atoms with Crippen molar-refractivity contribution < 1.29 is 28.6 Å². The molecule has 0 heterocycles. The fraction of sp³-hybridized carbons (Fsp3) is 0.382. The second-order valence-electron chi connectivity index (χ2n) is 11.0. The van der Waals surface area contributed by atoms with Gasteiger partial charge in [-0.15, -0.1) is 0 Å². The van der Waals surface area contributed by atoms with Crippen LogP contribution in [-0.4, -0.2) is 55.8 Å². The Bertz CT molecular complexity index is 1280. The van der Waals surface area contributed by atoms with Gasteiger partial charge in [0.25, 0.3) is 5.91 Å². The van der Waals surface area contributed by atoms with Crippen molar-refractivity contribution in [3.63, 3.8) is 0 Å². The molecule has 1 amide bonds. The lowest BCUT2D eigenvalue weighted by Crippen LogP contribution is -2.43. The fourth-order valence-corrected chi connectivity index (χ4v) is 4.12. The lowest BCUT2D eigenvalue weighted by molar-refractivity contribution is -0.159. The molecule has 8 heteroatoms. The minimum atomic E-state index is -0.612. The molecule has 2 N–H and O–H groups in total. The van der Waals surface area contributed by atoms with Gasteiger partial charge in [-0.3, -0.25) is 14.4 Å². The predicted octanol–water partition coefficient (Wildman–Crippen LogP) is 5.20. The van der Waals surface area contributed by atoms with Gasteiger partial charge in [-0.25, -0.2) is 0 Å². The molecule has 0 saturated heterocycles. The zero-order valence-corrected chi connectivity index (χ0v) is 25.1. The van der Waals surface area contributed by atoms with Crippen molar-refractivity contribution in [1.82, 2.24) is 10.6 Å². The van der Waals surface area contributed by atoms with Crippen LogP contribution in [0.1, 0.15) is 50.5 Å². The van der Waals surface area contributed by atoms with E-state index in [9.17, 15) is 14.4 Å². The first-order valence-electron chi connectivity index (χ1n) is 14.3. The summed E-state index contributed by atoms with van der Waals surface area (Å²) in [6.07, 6.45) is 0.388. The minimum absolute atomic E-state index is 0.160. The minimum Gasteiger partial charge on any atom is -0.492 e. The van der Waals surface area contributed by atoms with Crippen LogP contribution >= 0.6 is 0 Å². The molecule has 3 aromatic carbocycles. The number of hydrogen-bond donors (Lipinski definition) is 2. The van der Waals surface area contributed by atoms with Crippen molar-refractivity contribution in [3.8, 4) is 16.9 Å². The van der Waals surface area contributed by atoms with Gasteiger partial charge in [-0.2, -0.15) is 0 Å². The SMILES string of the molecule is CCOC(=O)C(Cc1ccc(OCCNC(=O)c2ccc(-c3ccccc3)cc2)cc1)NCC(C)C(=O)OC(C)(C)C. The molecule has 0 aliphatic carbocycles. The molecule has 0 aromatic heterocycles. The number of esters is 2. The molecule has 0 bridgehead atoms. The van der Waals surface area contributed by atoms with E-state index in [1.807, 2.05) is 99.6 Å². The summed E-state index contributed by atoms with van der Waals surface area (Å²) in [5.74, 6) is -0.631. The predicted molar refractivity (Wildman–Crippen MR) is 163 cm³/mol. The topological polar surface area (TPSA) is 103 Å². The van der Waals surface area contributed by atoms with Crippen molar-refractivity contribution in [3.05, 3.63) is 90.0 Å². The summed E-state index contributed by atoms with van der Waals surface area (Å²) in [6.45, 7) is 10.2. The maximum absolute atomic E-state index is 12.6. The Morgan fingerprint density at radius 3 is 2.10 bits per heavy atom. The molecule has 0 radical (unpaired) electrons. The first-order chi connectivity index (χ1) is 20.1. The molecule has 0 fully saturated rings. The zero-order chi connectivity index (χ0) is 30.5. The summed E-state index contributed by atoms with van der Waals surface area (Å²) in [5.41, 5.74) is 3.08. The van der Waals surface area contributed by atoms with Gasteiger partial charge in [0.2, 0.25) is 0 Å². The maximum atomic E-state index is 12.6. The lowest BCUT2D eigenvalue weighted by atomic mass is 10.0. The Balaban J connectivity index is 1.45. The normalized spacial score (nSPS) is 12.6. The Morgan fingerprint density at radius 1 is 0.833 bits per heavy atom. The first kappa shape index (κ1) is 32.3. The Labute approximate surface area is 248 Å². The molecule has 0 aliphatic heterocycles. The van der Waals surface area contributed by atoms with Crippen LogP contribution < -0.4 is 15.4 Å². The molecule has 0 saturated carbocycles. The van der Waals surface area contributed by atoms with Gasteiger partial charge in [0.15, 0.2) is 0 Å². The van der Waals surface area contributed by atoms with Crippen LogP contribution in [0.2, 0.25) is 0 Å². The number of carbonyl (C=O) groups is 3. The highest BCUT2D eigenvalue weighted by Gasteiger charge is 2.25. The molecule has 3 aromatic rings. The van der Waals surface area contributed by atoms with E-state index in [1.165, 1.54) is 0 Å². The summed E-state index contributed by atoms with van der Waals surface area (Å²) >= 11 is 0. The highest BCUT2D eigenvalue weighted by molar-refractivity contribution is 5.94. The summed E-state index contributed by atoms with van der Waals surface area (Å²) in [6, 6.07) is 24.3. The number of rotatable bonds is 14. The van der Waals surface area contributed by atoms with E-state index in [0.29, 0.717) is 30.9 Å². The van der Waals surface area contributed by atoms with E-state index < -0.39 is 17.6 Å². The lowest BCUT2D eigenvalue weighted by Gasteiger charge is -2.24. The average Bonchev–Trinajstić information content (AvgIpc) is 2.97. The largest absolute Gasteiger partial charge is 0.492 e. The molecule has 42 heavy (non-hydrogen) atoms. The highest BCUT2D eigenvalue weighted by Crippen LogP contribution is 2.19. The summed E-state index contributed by atoms with van der Waals surface area (Å²) in [7, 11) is 0. The van der Waals surface area contributed by atoms with Crippen LogP contribution in [0.4, 0.5) is 0 Å². The number of carbonyl (C=O) groups excluding carboxylic acids is 3. The van der Waals surface area contributed by atoms with Crippen molar-refractivity contribution >= 4 is 17.8 Å². The van der Waals surface area contributed by atoms with Gasteiger partial charge < -0.3 is 24.8 Å². The molecule has 8 nitrogen and oxygen atoms in total. The molecule has 2 unspecified atom stereocenters. The van der Waals surface area contributed by atoms with Crippen molar-refractivity contribution in [2.24, 2.45) is 5.92 Å². The average molecular weight is 575 g/mol. The van der Waals surface area contributed by atoms with Gasteiger partial charge in [0, 0.05) is 12.1 Å². The monoisotopic (exact) mass is 574 g/mol. The van der Waals surface area contributed by atoms with Crippen LogP contribution in [0.15, 0.2) is 78.9 Å². The number of ether oxygens (including phenoxy) is 3. The first-order valence-corrected chi connectivity index (χ1v) is 14.3. The Hall–Kier alpha value is -4.17. The fourth-order valence-electron chi connectivity index (χ4n) is 4.12. The molecule has 0 spiro atoms. The zero-order valence-electron chi connectivity index (χ0n) is 25.1.